The highest BCUT2D eigenvalue weighted by molar-refractivity contribution is 5.92. The topological polar surface area (TPSA) is 44.4 Å². The molecule has 0 saturated heterocycles. The molecule has 2 N–H and O–H groups in total. The van der Waals surface area contributed by atoms with Crippen LogP contribution in [0.3, 0.4) is 0 Å². The Bertz CT molecular complexity index is 505. The van der Waals surface area contributed by atoms with E-state index in [1.807, 2.05) is 20.2 Å². The van der Waals surface area contributed by atoms with E-state index < -0.39 is 0 Å². The Labute approximate surface area is 121 Å². The highest BCUT2D eigenvalue weighted by atomic mass is 16.2. The van der Waals surface area contributed by atoms with Crippen molar-refractivity contribution in [3.05, 3.63) is 29.3 Å². The average Bonchev–Trinajstić information content (AvgIpc) is 2.36. The van der Waals surface area contributed by atoms with E-state index >= 15 is 0 Å². The van der Waals surface area contributed by atoms with Crippen LogP contribution in [0.15, 0.2) is 18.2 Å². The van der Waals surface area contributed by atoms with Gasteiger partial charge in [-0.2, -0.15) is 0 Å². The van der Waals surface area contributed by atoms with Crippen molar-refractivity contribution in [3.8, 4) is 0 Å². The summed E-state index contributed by atoms with van der Waals surface area (Å²) in [6.07, 6.45) is 1.07. The van der Waals surface area contributed by atoms with Crippen molar-refractivity contribution in [3.63, 3.8) is 0 Å². The van der Waals surface area contributed by atoms with Gasteiger partial charge in [0, 0.05) is 25.3 Å². The molecule has 0 radical (unpaired) electrons. The van der Waals surface area contributed by atoms with Crippen LogP contribution in [0.1, 0.15) is 44.4 Å². The fourth-order valence-electron chi connectivity index (χ4n) is 2.62. The van der Waals surface area contributed by atoms with Crippen LogP contribution in [-0.4, -0.2) is 25.0 Å². The molecule has 1 heterocycles. The minimum Gasteiger partial charge on any atom is -0.323 e. The number of nitrogens with one attached hydrogen (secondary N) is 2. The van der Waals surface area contributed by atoms with Gasteiger partial charge in [0.25, 0.3) is 0 Å². The summed E-state index contributed by atoms with van der Waals surface area (Å²) < 4.78 is 0. The summed E-state index contributed by atoms with van der Waals surface area (Å²) in [4.78, 5) is 13.3. The number of benzene rings is 1. The number of anilines is 1. The molecule has 0 saturated carbocycles. The lowest BCUT2D eigenvalue weighted by Crippen LogP contribution is -2.35. The lowest BCUT2D eigenvalue weighted by molar-refractivity contribution is 0.218. The summed E-state index contributed by atoms with van der Waals surface area (Å²) in [5, 5.41) is 6.31. The maximum atomic E-state index is 11.6. The van der Waals surface area contributed by atoms with Crippen molar-refractivity contribution in [2.24, 2.45) is 5.41 Å². The molecule has 1 aliphatic heterocycles. The van der Waals surface area contributed by atoms with Crippen molar-refractivity contribution in [1.82, 2.24) is 10.2 Å². The summed E-state index contributed by atoms with van der Waals surface area (Å²) in [7, 11) is 3.82. The van der Waals surface area contributed by atoms with Crippen molar-refractivity contribution in [2.75, 3.05) is 19.4 Å². The highest BCUT2D eigenvalue weighted by Gasteiger charge is 2.23. The minimum absolute atomic E-state index is 0.0369. The van der Waals surface area contributed by atoms with E-state index in [9.17, 15) is 4.79 Å². The summed E-state index contributed by atoms with van der Waals surface area (Å²) in [6.45, 7) is 7.43. The molecule has 1 unspecified atom stereocenters. The largest absolute Gasteiger partial charge is 0.323 e. The van der Waals surface area contributed by atoms with Gasteiger partial charge >= 0.3 is 6.03 Å². The number of urea groups is 1. The van der Waals surface area contributed by atoms with Crippen molar-refractivity contribution >= 4 is 11.7 Å². The zero-order valence-electron chi connectivity index (χ0n) is 13.1. The van der Waals surface area contributed by atoms with Gasteiger partial charge in [0.2, 0.25) is 0 Å². The molecule has 1 atom stereocenters. The molecule has 1 aromatic carbocycles. The summed E-state index contributed by atoms with van der Waals surface area (Å²) in [6, 6.07) is 6.63. The van der Waals surface area contributed by atoms with Crippen LogP contribution in [0, 0.1) is 5.41 Å². The Morgan fingerprint density at radius 2 is 2.10 bits per heavy atom. The number of carbonyl (C=O) groups excluding carboxylic acids is 1. The number of fused-ring (bicyclic) bond motifs is 1. The molecule has 0 spiro atoms. The van der Waals surface area contributed by atoms with Crippen molar-refractivity contribution in [2.45, 2.75) is 39.8 Å². The van der Waals surface area contributed by atoms with Crippen LogP contribution in [0.5, 0.6) is 0 Å². The van der Waals surface area contributed by atoms with Crippen LogP contribution in [0.4, 0.5) is 10.5 Å². The SMILES string of the molecule is CNC(CC(C)(C)C)c1ccc2c(c1)CN(C)C(=O)N2. The summed E-state index contributed by atoms with van der Waals surface area (Å²) in [5.74, 6) is 0. The smallest absolute Gasteiger partial charge is 0.321 e. The third kappa shape index (κ3) is 3.31. The number of hydrogen-bond acceptors (Lipinski definition) is 2. The molecule has 2 rings (SSSR count). The van der Waals surface area contributed by atoms with E-state index in [2.05, 4.69) is 43.5 Å². The lowest BCUT2D eigenvalue weighted by Gasteiger charge is -2.29. The molecule has 0 aromatic heterocycles. The van der Waals surface area contributed by atoms with Gasteiger partial charge in [-0.3, -0.25) is 0 Å². The standard InChI is InChI=1S/C16H25N3O/c1-16(2,3)9-14(17-4)11-6-7-13-12(8-11)10-19(5)15(20)18-13/h6-8,14,17H,9-10H2,1-5H3,(H,18,20). The summed E-state index contributed by atoms with van der Waals surface area (Å²) in [5.41, 5.74) is 3.67. The van der Waals surface area contributed by atoms with Gasteiger partial charge in [0.05, 0.1) is 0 Å². The van der Waals surface area contributed by atoms with Gasteiger partial charge in [-0.25, -0.2) is 4.79 Å². The van der Waals surface area contributed by atoms with Gasteiger partial charge in [0.1, 0.15) is 0 Å². The first-order chi connectivity index (χ1) is 9.30. The van der Waals surface area contributed by atoms with Crippen molar-refractivity contribution < 1.29 is 4.79 Å². The molecular formula is C16H25N3O. The van der Waals surface area contributed by atoms with Gasteiger partial charge in [-0.1, -0.05) is 32.9 Å². The van der Waals surface area contributed by atoms with E-state index in [4.69, 9.17) is 0 Å². The number of hydrogen-bond donors (Lipinski definition) is 2. The molecule has 0 fully saturated rings. The maximum Gasteiger partial charge on any atom is 0.321 e. The number of amides is 2. The first-order valence-corrected chi connectivity index (χ1v) is 7.12. The van der Waals surface area contributed by atoms with Crippen LogP contribution in [0.25, 0.3) is 0 Å². The van der Waals surface area contributed by atoms with Gasteiger partial charge < -0.3 is 15.5 Å². The molecule has 110 valence electrons. The Balaban J connectivity index is 2.26. The first-order valence-electron chi connectivity index (χ1n) is 7.12. The summed E-state index contributed by atoms with van der Waals surface area (Å²) >= 11 is 0. The Morgan fingerprint density at radius 1 is 1.40 bits per heavy atom. The van der Waals surface area contributed by atoms with Crippen LogP contribution >= 0.6 is 0 Å². The number of rotatable bonds is 3. The maximum absolute atomic E-state index is 11.6. The van der Waals surface area contributed by atoms with Crippen LogP contribution in [-0.2, 0) is 6.54 Å². The van der Waals surface area contributed by atoms with E-state index in [0.717, 1.165) is 12.1 Å². The second kappa shape index (κ2) is 5.44. The zero-order valence-corrected chi connectivity index (χ0v) is 13.1. The predicted octanol–water partition coefficient (Wildman–Crippen LogP) is 3.36. The Hall–Kier alpha value is -1.55. The third-order valence-electron chi connectivity index (χ3n) is 3.69. The average molecular weight is 275 g/mol. The molecule has 1 aromatic rings. The van der Waals surface area contributed by atoms with E-state index in [0.29, 0.717) is 12.6 Å². The molecule has 4 heteroatoms. The fourth-order valence-corrected chi connectivity index (χ4v) is 2.62. The third-order valence-corrected chi connectivity index (χ3v) is 3.69. The molecule has 20 heavy (non-hydrogen) atoms. The molecule has 2 amide bonds. The number of carbonyl (C=O) groups is 1. The van der Waals surface area contributed by atoms with E-state index in [-0.39, 0.29) is 11.4 Å². The Kier molecular flexibility index (Phi) is 4.04. The first kappa shape index (κ1) is 14.9. The lowest BCUT2D eigenvalue weighted by atomic mass is 9.85. The quantitative estimate of drug-likeness (QED) is 0.888. The molecule has 0 bridgehead atoms. The van der Waals surface area contributed by atoms with E-state index in [1.54, 1.807) is 4.90 Å². The number of nitrogens with zero attached hydrogens (tertiary/aromatic N) is 1. The van der Waals surface area contributed by atoms with Crippen molar-refractivity contribution in [1.29, 1.82) is 0 Å². The normalized spacial score (nSPS) is 16.6. The molecule has 4 nitrogen and oxygen atoms in total. The monoisotopic (exact) mass is 275 g/mol. The Morgan fingerprint density at radius 3 is 2.70 bits per heavy atom. The molecule has 1 aliphatic rings. The van der Waals surface area contributed by atoms with Gasteiger partial charge in [-0.05, 0) is 36.1 Å². The second-order valence-corrected chi connectivity index (χ2v) is 6.81. The second-order valence-electron chi connectivity index (χ2n) is 6.81. The zero-order chi connectivity index (χ0) is 14.9. The fraction of sp³-hybridized carbons (Fsp3) is 0.562. The van der Waals surface area contributed by atoms with Crippen LogP contribution < -0.4 is 10.6 Å². The van der Waals surface area contributed by atoms with Gasteiger partial charge in [-0.15, -0.1) is 0 Å². The molecular weight excluding hydrogens is 250 g/mol. The van der Waals surface area contributed by atoms with Crippen LogP contribution in [0.2, 0.25) is 0 Å². The minimum atomic E-state index is -0.0369. The highest BCUT2D eigenvalue weighted by Crippen LogP contribution is 2.32. The predicted molar refractivity (Wildman–Crippen MR) is 82.8 cm³/mol. The molecule has 0 aliphatic carbocycles. The van der Waals surface area contributed by atoms with E-state index in [1.165, 1.54) is 11.1 Å². The van der Waals surface area contributed by atoms with Gasteiger partial charge in [0.15, 0.2) is 0 Å².